The number of hydrogen-bond donors (Lipinski definition) is 1. The summed E-state index contributed by atoms with van der Waals surface area (Å²) in [4.78, 5) is 32.4. The van der Waals surface area contributed by atoms with Gasteiger partial charge in [0.1, 0.15) is 6.04 Å². The van der Waals surface area contributed by atoms with Gasteiger partial charge in [0.2, 0.25) is 11.8 Å². The first kappa shape index (κ1) is 18.0. The van der Waals surface area contributed by atoms with Crippen molar-refractivity contribution in [1.82, 2.24) is 20.1 Å². The summed E-state index contributed by atoms with van der Waals surface area (Å²) in [5.74, 6) is 1.31. The van der Waals surface area contributed by atoms with E-state index in [1.807, 2.05) is 23.2 Å². The van der Waals surface area contributed by atoms with Crippen LogP contribution in [-0.2, 0) is 9.59 Å². The summed E-state index contributed by atoms with van der Waals surface area (Å²) in [5, 5.41) is 3.34. The molecule has 2 aliphatic rings. The second-order valence-electron chi connectivity index (χ2n) is 5.54. The first-order chi connectivity index (χ1) is 10.7. The van der Waals surface area contributed by atoms with Crippen molar-refractivity contribution in [2.75, 3.05) is 31.3 Å². The van der Waals surface area contributed by atoms with Gasteiger partial charge in [-0.1, -0.05) is 6.07 Å². The lowest BCUT2D eigenvalue weighted by molar-refractivity contribution is -0.144. The van der Waals surface area contributed by atoms with Gasteiger partial charge in [-0.15, -0.1) is 24.2 Å². The predicted octanol–water partition coefficient (Wildman–Crippen LogP) is 0.898. The Morgan fingerprint density at radius 3 is 2.91 bits per heavy atom. The van der Waals surface area contributed by atoms with Gasteiger partial charge in [0.05, 0.1) is 11.9 Å². The summed E-state index contributed by atoms with van der Waals surface area (Å²) in [6.45, 7) is 3.69. The topological polar surface area (TPSA) is 65.5 Å². The zero-order chi connectivity index (χ0) is 15.5. The van der Waals surface area contributed by atoms with Crippen molar-refractivity contribution in [2.24, 2.45) is 0 Å². The molecule has 1 aromatic heterocycles. The average molecular weight is 357 g/mol. The molecule has 3 heterocycles. The molecule has 0 radical (unpaired) electrons. The van der Waals surface area contributed by atoms with Crippen LogP contribution in [0, 0.1) is 0 Å². The molecule has 126 valence electrons. The van der Waals surface area contributed by atoms with Gasteiger partial charge in [-0.2, -0.15) is 0 Å². The van der Waals surface area contributed by atoms with E-state index in [1.165, 1.54) is 6.92 Å². The zero-order valence-electron chi connectivity index (χ0n) is 13.0. The first-order valence-electron chi connectivity index (χ1n) is 7.44. The summed E-state index contributed by atoms with van der Waals surface area (Å²) in [6.07, 6.45) is 3.54. The monoisotopic (exact) mass is 356 g/mol. The minimum atomic E-state index is -0.334. The highest BCUT2D eigenvalue weighted by Crippen LogP contribution is 2.27. The maximum Gasteiger partial charge on any atom is 0.246 e. The molecule has 2 aliphatic heterocycles. The van der Waals surface area contributed by atoms with Crippen LogP contribution < -0.4 is 5.32 Å². The third kappa shape index (κ3) is 3.79. The number of rotatable bonds is 2. The third-order valence-electron chi connectivity index (χ3n) is 4.17. The van der Waals surface area contributed by atoms with Crippen molar-refractivity contribution in [3.63, 3.8) is 0 Å². The van der Waals surface area contributed by atoms with Gasteiger partial charge in [0.15, 0.2) is 0 Å². The lowest BCUT2D eigenvalue weighted by Gasteiger charge is -2.39. The molecule has 0 saturated carbocycles. The number of carbonyl (C=O) groups is 2. The number of halogens is 1. The smallest absolute Gasteiger partial charge is 0.246 e. The number of pyridine rings is 1. The molecule has 0 aliphatic carbocycles. The minimum Gasteiger partial charge on any atom is -0.331 e. The molecule has 6 nitrogen and oxygen atoms in total. The Morgan fingerprint density at radius 1 is 1.39 bits per heavy atom. The Labute approximate surface area is 146 Å². The van der Waals surface area contributed by atoms with Crippen molar-refractivity contribution in [2.45, 2.75) is 19.0 Å². The SMILES string of the molecule is CC(=O)N1CSCC1C(=O)N1CCNCC1c1cccnc1.Cl. The Morgan fingerprint density at radius 2 is 2.22 bits per heavy atom. The van der Waals surface area contributed by atoms with Crippen molar-refractivity contribution in [3.05, 3.63) is 30.1 Å². The first-order valence-corrected chi connectivity index (χ1v) is 8.60. The van der Waals surface area contributed by atoms with E-state index in [2.05, 4.69) is 10.3 Å². The number of nitrogens with one attached hydrogen (secondary N) is 1. The fourth-order valence-corrected chi connectivity index (χ4v) is 4.20. The van der Waals surface area contributed by atoms with Crippen LogP contribution in [0.4, 0.5) is 0 Å². The number of hydrogen-bond acceptors (Lipinski definition) is 5. The maximum absolute atomic E-state index is 13.0. The molecule has 23 heavy (non-hydrogen) atoms. The number of nitrogens with zero attached hydrogens (tertiary/aromatic N) is 3. The molecule has 2 fully saturated rings. The highest BCUT2D eigenvalue weighted by Gasteiger charge is 2.39. The number of thioether (sulfide) groups is 1. The molecule has 0 bridgehead atoms. The zero-order valence-corrected chi connectivity index (χ0v) is 14.6. The summed E-state index contributed by atoms with van der Waals surface area (Å²) < 4.78 is 0. The highest BCUT2D eigenvalue weighted by molar-refractivity contribution is 7.99. The Kier molecular flexibility index (Phi) is 6.26. The molecule has 0 aromatic carbocycles. The van der Waals surface area contributed by atoms with Crippen molar-refractivity contribution < 1.29 is 9.59 Å². The lowest BCUT2D eigenvalue weighted by atomic mass is 10.0. The van der Waals surface area contributed by atoms with E-state index < -0.39 is 0 Å². The van der Waals surface area contributed by atoms with Crippen molar-refractivity contribution >= 4 is 36.0 Å². The molecule has 8 heteroatoms. The van der Waals surface area contributed by atoms with Crippen LogP contribution in [0.2, 0.25) is 0 Å². The Hall–Kier alpha value is -1.31. The van der Waals surface area contributed by atoms with Crippen LogP contribution in [0.15, 0.2) is 24.5 Å². The second-order valence-corrected chi connectivity index (χ2v) is 6.54. The van der Waals surface area contributed by atoms with Gasteiger partial charge < -0.3 is 15.1 Å². The molecule has 0 spiro atoms. The van der Waals surface area contributed by atoms with Crippen LogP contribution in [0.1, 0.15) is 18.5 Å². The fourth-order valence-electron chi connectivity index (χ4n) is 2.99. The standard InChI is InChI=1S/C15H20N4O2S.ClH/c1-11(20)19-10-22-9-14(19)15(21)18-6-5-17-8-13(18)12-3-2-4-16-7-12;/h2-4,7,13-14,17H,5-6,8-10H2,1H3;1H. The Balaban J connectivity index is 0.00000192. The van der Waals surface area contributed by atoms with Gasteiger partial charge in [0.25, 0.3) is 0 Å². The predicted molar refractivity (Wildman–Crippen MR) is 92.4 cm³/mol. The minimum absolute atomic E-state index is 0. The molecule has 2 amide bonds. The molecule has 1 N–H and O–H groups in total. The average Bonchev–Trinajstić information content (AvgIpc) is 3.05. The summed E-state index contributed by atoms with van der Waals surface area (Å²) in [7, 11) is 0. The quantitative estimate of drug-likeness (QED) is 0.852. The van der Waals surface area contributed by atoms with E-state index in [9.17, 15) is 9.59 Å². The van der Waals surface area contributed by atoms with Gasteiger partial charge >= 0.3 is 0 Å². The second kappa shape index (κ2) is 7.99. The van der Waals surface area contributed by atoms with Crippen LogP contribution >= 0.6 is 24.2 Å². The molecular formula is C15H21ClN4O2S. The molecular weight excluding hydrogens is 336 g/mol. The van der Waals surface area contributed by atoms with Gasteiger partial charge in [0, 0.05) is 44.7 Å². The third-order valence-corrected chi connectivity index (χ3v) is 5.18. The van der Waals surface area contributed by atoms with Crippen LogP contribution in [0.3, 0.4) is 0 Å². The van der Waals surface area contributed by atoms with Crippen LogP contribution in [-0.4, -0.2) is 63.9 Å². The fraction of sp³-hybridized carbons (Fsp3) is 0.533. The van der Waals surface area contributed by atoms with Crippen LogP contribution in [0.5, 0.6) is 0 Å². The van der Waals surface area contributed by atoms with E-state index in [4.69, 9.17) is 0 Å². The van der Waals surface area contributed by atoms with Gasteiger partial charge in [-0.3, -0.25) is 14.6 Å². The molecule has 2 unspecified atom stereocenters. The van der Waals surface area contributed by atoms with Crippen molar-refractivity contribution in [3.8, 4) is 0 Å². The van der Waals surface area contributed by atoms with Crippen molar-refractivity contribution in [1.29, 1.82) is 0 Å². The summed E-state index contributed by atoms with van der Waals surface area (Å²) >= 11 is 1.64. The summed E-state index contributed by atoms with van der Waals surface area (Å²) in [5.41, 5.74) is 1.03. The normalized spacial score (nSPS) is 24.2. The van der Waals surface area contributed by atoms with Crippen LogP contribution in [0.25, 0.3) is 0 Å². The molecule has 1 aromatic rings. The van der Waals surface area contributed by atoms with Gasteiger partial charge in [-0.05, 0) is 11.6 Å². The van der Waals surface area contributed by atoms with E-state index >= 15 is 0 Å². The summed E-state index contributed by atoms with van der Waals surface area (Å²) in [6, 6.07) is 3.53. The van der Waals surface area contributed by atoms with E-state index in [1.54, 1.807) is 22.9 Å². The largest absolute Gasteiger partial charge is 0.331 e. The maximum atomic E-state index is 13.0. The molecule has 2 saturated heterocycles. The number of piperazine rings is 1. The highest BCUT2D eigenvalue weighted by atomic mass is 35.5. The molecule has 2 atom stereocenters. The van der Waals surface area contributed by atoms with Gasteiger partial charge in [-0.25, -0.2) is 0 Å². The lowest BCUT2D eigenvalue weighted by Crippen LogP contribution is -2.55. The van der Waals surface area contributed by atoms with E-state index in [0.29, 0.717) is 18.2 Å². The van der Waals surface area contributed by atoms with E-state index in [0.717, 1.165) is 18.7 Å². The number of carbonyl (C=O) groups excluding carboxylic acids is 2. The Bertz CT molecular complexity index is 560. The number of aromatic nitrogens is 1. The molecule has 3 rings (SSSR count). The van der Waals surface area contributed by atoms with E-state index in [-0.39, 0.29) is 36.3 Å². The number of amides is 2.